The second-order valence-corrected chi connectivity index (χ2v) is 3.25. The van der Waals surface area contributed by atoms with Crippen LogP contribution in [0, 0.1) is 0 Å². The summed E-state index contributed by atoms with van der Waals surface area (Å²) in [6.07, 6.45) is 2.16. The van der Waals surface area contributed by atoms with Crippen molar-refractivity contribution in [2.24, 2.45) is 0 Å². The highest BCUT2D eigenvalue weighted by atomic mass is 19.3. The number of halogens is 2. The summed E-state index contributed by atoms with van der Waals surface area (Å²) in [4.78, 5) is 11.1. The zero-order valence-corrected chi connectivity index (χ0v) is 7.96. The van der Waals surface area contributed by atoms with Gasteiger partial charge in [-0.15, -0.1) is 0 Å². The number of alkyl halides is 2. The first-order valence-electron chi connectivity index (χ1n) is 4.34. The van der Waals surface area contributed by atoms with Gasteiger partial charge >= 0.3 is 5.97 Å². The van der Waals surface area contributed by atoms with E-state index in [1.807, 2.05) is 0 Å². The Morgan fingerprint density at radius 3 is 2.80 bits per heavy atom. The molecule has 1 aromatic rings. The molecule has 2 nitrogen and oxygen atoms in total. The minimum atomic E-state index is -2.99. The first-order chi connectivity index (χ1) is 7.04. The summed E-state index contributed by atoms with van der Waals surface area (Å²) in [5.74, 6) is -3.60. The van der Waals surface area contributed by atoms with Crippen molar-refractivity contribution < 1.29 is 18.3 Å². The predicted octanol–water partition coefficient (Wildman–Crippen LogP) is 2.59. The van der Waals surface area contributed by atoms with Crippen LogP contribution >= 0.6 is 0 Å². The number of allylic oxidation sites excluding steroid dienone is 1. The molecule has 78 valence electrons. The van der Waals surface area contributed by atoms with Gasteiger partial charge in [0, 0.05) is 5.56 Å². The van der Waals surface area contributed by atoms with Gasteiger partial charge in [0.2, 0.25) is 0 Å². The Labute approximate surface area is 85.2 Å². The molecule has 0 heterocycles. The molecule has 0 amide bonds. The van der Waals surface area contributed by atoms with Crippen LogP contribution in [0.4, 0.5) is 8.78 Å². The van der Waals surface area contributed by atoms with Crippen LogP contribution < -0.4 is 0 Å². The van der Waals surface area contributed by atoms with Gasteiger partial charge in [-0.05, 0) is 23.8 Å². The number of fused-ring (bicyclic) bond motifs is 1. The van der Waals surface area contributed by atoms with Crippen molar-refractivity contribution in [3.05, 3.63) is 41.0 Å². The third-order valence-corrected chi connectivity index (χ3v) is 2.31. The lowest BCUT2D eigenvalue weighted by molar-refractivity contribution is 0.0550. The molecule has 15 heavy (non-hydrogen) atoms. The quantitative estimate of drug-likeness (QED) is 0.666. The Balaban J connectivity index is 2.49. The monoisotopic (exact) mass is 210 g/mol. The van der Waals surface area contributed by atoms with Gasteiger partial charge in [0.05, 0.1) is 12.7 Å². The van der Waals surface area contributed by atoms with Gasteiger partial charge < -0.3 is 4.74 Å². The Hall–Kier alpha value is -1.71. The maximum absolute atomic E-state index is 13.2. The minimum Gasteiger partial charge on any atom is -0.465 e. The van der Waals surface area contributed by atoms with Gasteiger partial charge in [0.25, 0.3) is 5.92 Å². The molecule has 0 bridgehead atoms. The number of rotatable bonds is 1. The Morgan fingerprint density at radius 1 is 1.40 bits per heavy atom. The normalized spacial score (nSPS) is 16.2. The lowest BCUT2D eigenvalue weighted by Crippen LogP contribution is -2.09. The fourth-order valence-corrected chi connectivity index (χ4v) is 1.52. The van der Waals surface area contributed by atoms with Crippen molar-refractivity contribution >= 4 is 12.0 Å². The number of methoxy groups -OCH3 is 1. The zero-order valence-electron chi connectivity index (χ0n) is 7.96. The van der Waals surface area contributed by atoms with Crippen LogP contribution in [-0.2, 0) is 10.7 Å². The molecule has 0 fully saturated rings. The molecule has 0 saturated carbocycles. The lowest BCUT2D eigenvalue weighted by Gasteiger charge is -2.10. The molecule has 0 spiro atoms. The van der Waals surface area contributed by atoms with Crippen molar-refractivity contribution in [2.75, 3.05) is 7.11 Å². The Kier molecular flexibility index (Phi) is 2.07. The molecule has 1 aromatic carbocycles. The van der Waals surface area contributed by atoms with E-state index in [1.54, 1.807) is 0 Å². The third-order valence-electron chi connectivity index (χ3n) is 2.31. The standard InChI is InChI=1S/C11H8F2O2/c1-15-10(14)8-3-2-7-4-5-11(12,13)9(7)6-8/h2-6H,1H3. The second kappa shape index (κ2) is 3.15. The zero-order chi connectivity index (χ0) is 11.1. The average Bonchev–Trinajstić information content (AvgIpc) is 2.53. The van der Waals surface area contributed by atoms with Gasteiger partial charge in [0.15, 0.2) is 0 Å². The summed E-state index contributed by atoms with van der Waals surface area (Å²) in [5.41, 5.74) is 0.428. The summed E-state index contributed by atoms with van der Waals surface area (Å²) in [6.45, 7) is 0. The van der Waals surface area contributed by atoms with Crippen molar-refractivity contribution in [2.45, 2.75) is 5.92 Å². The van der Waals surface area contributed by atoms with E-state index in [9.17, 15) is 13.6 Å². The number of ether oxygens (including phenoxy) is 1. The molecular formula is C11H8F2O2. The van der Waals surface area contributed by atoms with Gasteiger partial charge in [0.1, 0.15) is 0 Å². The van der Waals surface area contributed by atoms with Crippen LogP contribution in [-0.4, -0.2) is 13.1 Å². The Bertz CT molecular complexity index is 450. The first-order valence-corrected chi connectivity index (χ1v) is 4.34. The molecule has 0 atom stereocenters. The molecule has 0 saturated heterocycles. The number of hydrogen-bond donors (Lipinski definition) is 0. The molecule has 0 N–H and O–H groups in total. The number of hydrogen-bond acceptors (Lipinski definition) is 2. The highest BCUT2D eigenvalue weighted by Crippen LogP contribution is 2.38. The van der Waals surface area contributed by atoms with Crippen molar-refractivity contribution in [3.8, 4) is 0 Å². The fraction of sp³-hybridized carbons (Fsp3) is 0.182. The van der Waals surface area contributed by atoms with E-state index >= 15 is 0 Å². The summed E-state index contributed by atoms with van der Waals surface area (Å²) in [7, 11) is 1.21. The first kappa shape index (κ1) is 9.83. The van der Waals surface area contributed by atoms with E-state index in [4.69, 9.17) is 0 Å². The predicted molar refractivity (Wildman–Crippen MR) is 50.7 cm³/mol. The van der Waals surface area contributed by atoms with E-state index < -0.39 is 11.9 Å². The lowest BCUT2D eigenvalue weighted by atomic mass is 10.0. The third kappa shape index (κ3) is 1.52. The van der Waals surface area contributed by atoms with E-state index in [0.717, 1.165) is 6.08 Å². The summed E-state index contributed by atoms with van der Waals surface area (Å²) < 4.78 is 31.0. The maximum Gasteiger partial charge on any atom is 0.337 e. The Morgan fingerprint density at radius 2 is 2.13 bits per heavy atom. The molecule has 2 rings (SSSR count). The summed E-state index contributed by atoms with van der Waals surface area (Å²) in [5, 5.41) is 0. The molecule has 0 aliphatic heterocycles. The van der Waals surface area contributed by atoms with Crippen LogP contribution in [0.5, 0.6) is 0 Å². The average molecular weight is 210 g/mol. The molecule has 4 heteroatoms. The van der Waals surface area contributed by atoms with Crippen molar-refractivity contribution in [1.82, 2.24) is 0 Å². The van der Waals surface area contributed by atoms with Crippen LogP contribution in [0.25, 0.3) is 6.08 Å². The number of carbonyl (C=O) groups is 1. The van der Waals surface area contributed by atoms with E-state index in [0.29, 0.717) is 5.56 Å². The molecule has 1 aliphatic rings. The van der Waals surface area contributed by atoms with Crippen LogP contribution in [0.1, 0.15) is 21.5 Å². The summed E-state index contributed by atoms with van der Waals surface area (Å²) >= 11 is 0. The van der Waals surface area contributed by atoms with Gasteiger partial charge in [-0.3, -0.25) is 0 Å². The number of benzene rings is 1. The largest absolute Gasteiger partial charge is 0.465 e. The van der Waals surface area contributed by atoms with E-state index in [2.05, 4.69) is 4.74 Å². The number of esters is 1. The maximum atomic E-state index is 13.2. The van der Waals surface area contributed by atoms with Gasteiger partial charge in [-0.2, -0.15) is 8.78 Å². The summed E-state index contributed by atoms with van der Waals surface area (Å²) in [6, 6.07) is 4.12. The SMILES string of the molecule is COC(=O)c1ccc2c(c1)C(F)(F)C=C2. The van der Waals surface area contributed by atoms with E-state index in [-0.39, 0.29) is 11.1 Å². The van der Waals surface area contributed by atoms with Crippen LogP contribution in [0.15, 0.2) is 24.3 Å². The smallest absolute Gasteiger partial charge is 0.337 e. The van der Waals surface area contributed by atoms with Gasteiger partial charge in [-0.25, -0.2) is 4.79 Å². The molecular weight excluding hydrogens is 202 g/mol. The highest BCUT2D eigenvalue weighted by molar-refractivity contribution is 5.90. The molecule has 1 aliphatic carbocycles. The van der Waals surface area contributed by atoms with Gasteiger partial charge in [-0.1, -0.05) is 12.1 Å². The number of carbonyl (C=O) groups excluding carboxylic acids is 1. The second-order valence-electron chi connectivity index (χ2n) is 3.25. The van der Waals surface area contributed by atoms with Crippen molar-refractivity contribution in [3.63, 3.8) is 0 Å². The fourth-order valence-electron chi connectivity index (χ4n) is 1.52. The van der Waals surface area contributed by atoms with E-state index in [1.165, 1.54) is 31.4 Å². The molecule has 0 aromatic heterocycles. The molecule has 0 unspecified atom stereocenters. The minimum absolute atomic E-state index is 0.139. The van der Waals surface area contributed by atoms with Crippen molar-refractivity contribution in [1.29, 1.82) is 0 Å². The van der Waals surface area contributed by atoms with Crippen LogP contribution in [0.2, 0.25) is 0 Å². The molecule has 0 radical (unpaired) electrons. The topological polar surface area (TPSA) is 26.3 Å². The van der Waals surface area contributed by atoms with Crippen LogP contribution in [0.3, 0.4) is 0 Å². The highest BCUT2D eigenvalue weighted by Gasteiger charge is 2.35.